The summed E-state index contributed by atoms with van der Waals surface area (Å²) in [5, 5.41) is 2.99. The number of nitrogens with two attached hydrogens (primary N) is 1. The lowest BCUT2D eigenvalue weighted by Crippen LogP contribution is -2.39. The molecule has 0 saturated heterocycles. The summed E-state index contributed by atoms with van der Waals surface area (Å²) in [6.07, 6.45) is 5.92. The maximum absolute atomic E-state index is 12.0. The summed E-state index contributed by atoms with van der Waals surface area (Å²) in [6.45, 7) is 4.24. The van der Waals surface area contributed by atoms with Gasteiger partial charge in [0.1, 0.15) is 6.04 Å². The second-order valence-electron chi connectivity index (χ2n) is 5.15. The minimum Gasteiger partial charge on any atom is -0.352 e. The van der Waals surface area contributed by atoms with Gasteiger partial charge in [-0.05, 0) is 18.9 Å². The number of hydrogen-bond donors (Lipinski definition) is 2. The van der Waals surface area contributed by atoms with Crippen molar-refractivity contribution in [2.24, 2.45) is 5.73 Å². The molecular formula is C16H26N2O. The van der Waals surface area contributed by atoms with Gasteiger partial charge < -0.3 is 11.1 Å². The van der Waals surface area contributed by atoms with Gasteiger partial charge in [-0.2, -0.15) is 0 Å². The summed E-state index contributed by atoms with van der Waals surface area (Å²) in [5.74, 6) is -0.0887. The molecule has 3 N–H and O–H groups in total. The maximum atomic E-state index is 12.0. The van der Waals surface area contributed by atoms with Crippen LogP contribution < -0.4 is 11.1 Å². The number of amides is 1. The van der Waals surface area contributed by atoms with Gasteiger partial charge in [-0.15, -0.1) is 0 Å². The molecule has 0 radical (unpaired) electrons. The predicted molar refractivity (Wildman–Crippen MR) is 79.7 cm³/mol. The van der Waals surface area contributed by atoms with E-state index in [1.807, 2.05) is 37.3 Å². The van der Waals surface area contributed by atoms with Crippen molar-refractivity contribution in [2.45, 2.75) is 58.0 Å². The van der Waals surface area contributed by atoms with Crippen LogP contribution in [0.4, 0.5) is 0 Å². The zero-order valence-electron chi connectivity index (χ0n) is 12.1. The van der Waals surface area contributed by atoms with Gasteiger partial charge in [-0.3, -0.25) is 4.79 Å². The smallest absolute Gasteiger partial charge is 0.241 e. The van der Waals surface area contributed by atoms with Crippen LogP contribution in [0.5, 0.6) is 0 Å². The summed E-state index contributed by atoms with van der Waals surface area (Å²) in [5.41, 5.74) is 6.81. The lowest BCUT2D eigenvalue weighted by atomic mass is 10.1. The third-order valence-corrected chi connectivity index (χ3v) is 3.32. The topological polar surface area (TPSA) is 55.1 Å². The standard InChI is InChI=1S/C16H26N2O/c1-3-4-5-7-10-13(2)18-16(19)15(17)14-11-8-6-9-12-14/h6,8-9,11-13,15H,3-5,7,10,17H2,1-2H3,(H,18,19). The van der Waals surface area contributed by atoms with Crippen molar-refractivity contribution in [2.75, 3.05) is 0 Å². The Morgan fingerprint density at radius 1 is 1.21 bits per heavy atom. The van der Waals surface area contributed by atoms with E-state index in [1.54, 1.807) is 0 Å². The number of carbonyl (C=O) groups is 1. The number of carbonyl (C=O) groups excluding carboxylic acids is 1. The van der Waals surface area contributed by atoms with Gasteiger partial charge >= 0.3 is 0 Å². The van der Waals surface area contributed by atoms with E-state index in [0.717, 1.165) is 18.4 Å². The SMILES string of the molecule is CCCCCCC(C)NC(=O)C(N)c1ccccc1. The molecule has 19 heavy (non-hydrogen) atoms. The highest BCUT2D eigenvalue weighted by Crippen LogP contribution is 2.11. The summed E-state index contributed by atoms with van der Waals surface area (Å²) < 4.78 is 0. The third kappa shape index (κ3) is 5.88. The van der Waals surface area contributed by atoms with Gasteiger partial charge in [0.15, 0.2) is 0 Å². The van der Waals surface area contributed by atoms with Crippen molar-refractivity contribution in [3.05, 3.63) is 35.9 Å². The molecule has 1 aromatic carbocycles. The molecule has 2 atom stereocenters. The Balaban J connectivity index is 2.33. The lowest BCUT2D eigenvalue weighted by molar-refractivity contribution is -0.123. The van der Waals surface area contributed by atoms with Crippen LogP contribution in [0.25, 0.3) is 0 Å². The number of nitrogens with one attached hydrogen (secondary N) is 1. The quantitative estimate of drug-likeness (QED) is 0.707. The average molecular weight is 262 g/mol. The minimum atomic E-state index is -0.570. The van der Waals surface area contributed by atoms with Gasteiger partial charge in [0.25, 0.3) is 0 Å². The van der Waals surface area contributed by atoms with Gasteiger partial charge in [-0.1, -0.05) is 62.9 Å². The van der Waals surface area contributed by atoms with Gasteiger partial charge in [-0.25, -0.2) is 0 Å². The van der Waals surface area contributed by atoms with Gasteiger partial charge in [0.2, 0.25) is 5.91 Å². The molecule has 0 spiro atoms. The van der Waals surface area contributed by atoms with Crippen LogP contribution in [0.1, 0.15) is 57.6 Å². The molecule has 2 unspecified atom stereocenters. The zero-order chi connectivity index (χ0) is 14.1. The molecule has 106 valence electrons. The Morgan fingerprint density at radius 3 is 2.53 bits per heavy atom. The third-order valence-electron chi connectivity index (χ3n) is 3.32. The molecular weight excluding hydrogens is 236 g/mol. The lowest BCUT2D eigenvalue weighted by Gasteiger charge is -2.17. The predicted octanol–water partition coefficient (Wildman–Crippen LogP) is 3.16. The van der Waals surface area contributed by atoms with E-state index >= 15 is 0 Å². The van der Waals surface area contributed by atoms with Gasteiger partial charge in [0.05, 0.1) is 0 Å². The van der Waals surface area contributed by atoms with Crippen LogP contribution in [0, 0.1) is 0 Å². The highest BCUT2D eigenvalue weighted by Gasteiger charge is 2.16. The number of benzene rings is 1. The zero-order valence-corrected chi connectivity index (χ0v) is 12.1. The van der Waals surface area contributed by atoms with Crippen LogP contribution in [-0.4, -0.2) is 11.9 Å². The fraction of sp³-hybridized carbons (Fsp3) is 0.562. The van der Waals surface area contributed by atoms with E-state index in [4.69, 9.17) is 5.73 Å². The van der Waals surface area contributed by atoms with Crippen molar-refractivity contribution in [1.82, 2.24) is 5.32 Å². The van der Waals surface area contributed by atoms with E-state index in [1.165, 1.54) is 19.3 Å². The molecule has 1 amide bonds. The summed E-state index contributed by atoms with van der Waals surface area (Å²) in [4.78, 5) is 12.0. The van der Waals surface area contributed by atoms with E-state index in [2.05, 4.69) is 12.2 Å². The van der Waals surface area contributed by atoms with Crippen molar-refractivity contribution >= 4 is 5.91 Å². The summed E-state index contributed by atoms with van der Waals surface area (Å²) >= 11 is 0. The first-order valence-corrected chi connectivity index (χ1v) is 7.26. The molecule has 0 bridgehead atoms. The van der Waals surface area contributed by atoms with Crippen molar-refractivity contribution in [3.8, 4) is 0 Å². The van der Waals surface area contributed by atoms with Crippen LogP contribution >= 0.6 is 0 Å². The van der Waals surface area contributed by atoms with Crippen LogP contribution in [0.2, 0.25) is 0 Å². The molecule has 3 heteroatoms. The molecule has 0 aromatic heterocycles. The maximum Gasteiger partial charge on any atom is 0.241 e. The van der Waals surface area contributed by atoms with Gasteiger partial charge in [0, 0.05) is 6.04 Å². The fourth-order valence-electron chi connectivity index (χ4n) is 2.09. The van der Waals surface area contributed by atoms with Crippen LogP contribution in [0.3, 0.4) is 0 Å². The normalized spacial score (nSPS) is 13.8. The molecule has 0 aliphatic carbocycles. The highest BCUT2D eigenvalue weighted by molar-refractivity contribution is 5.83. The number of unbranched alkanes of at least 4 members (excludes halogenated alkanes) is 3. The Labute approximate surface area is 116 Å². The first-order valence-electron chi connectivity index (χ1n) is 7.26. The molecule has 0 heterocycles. The Bertz CT molecular complexity index is 364. The van der Waals surface area contributed by atoms with E-state index in [-0.39, 0.29) is 11.9 Å². The Morgan fingerprint density at radius 2 is 1.89 bits per heavy atom. The molecule has 1 rings (SSSR count). The molecule has 3 nitrogen and oxygen atoms in total. The van der Waals surface area contributed by atoms with Crippen molar-refractivity contribution < 1.29 is 4.79 Å². The van der Waals surface area contributed by atoms with E-state index in [0.29, 0.717) is 0 Å². The van der Waals surface area contributed by atoms with E-state index < -0.39 is 6.04 Å². The largest absolute Gasteiger partial charge is 0.352 e. The van der Waals surface area contributed by atoms with Crippen molar-refractivity contribution in [1.29, 1.82) is 0 Å². The molecule has 0 fully saturated rings. The average Bonchev–Trinajstić information content (AvgIpc) is 2.43. The molecule has 1 aromatic rings. The minimum absolute atomic E-state index is 0.0887. The van der Waals surface area contributed by atoms with Crippen LogP contribution in [0.15, 0.2) is 30.3 Å². The number of rotatable bonds is 8. The van der Waals surface area contributed by atoms with E-state index in [9.17, 15) is 4.79 Å². The fourth-order valence-corrected chi connectivity index (χ4v) is 2.09. The Hall–Kier alpha value is -1.35. The highest BCUT2D eigenvalue weighted by atomic mass is 16.2. The van der Waals surface area contributed by atoms with Crippen LogP contribution in [-0.2, 0) is 4.79 Å². The van der Waals surface area contributed by atoms with Crippen molar-refractivity contribution in [3.63, 3.8) is 0 Å². The first-order chi connectivity index (χ1) is 9.15. The Kier molecular flexibility index (Phi) is 7.19. The summed E-state index contributed by atoms with van der Waals surface area (Å²) in [6, 6.07) is 9.11. The molecule has 0 saturated carbocycles. The second-order valence-corrected chi connectivity index (χ2v) is 5.15. The second kappa shape index (κ2) is 8.70. The number of hydrogen-bond acceptors (Lipinski definition) is 2. The molecule has 0 aliphatic heterocycles. The molecule has 0 aliphatic rings. The monoisotopic (exact) mass is 262 g/mol. The summed E-state index contributed by atoms with van der Waals surface area (Å²) in [7, 11) is 0. The first kappa shape index (κ1) is 15.7.